The number of rotatable bonds is 13. The molecule has 0 aromatic heterocycles. The van der Waals surface area contributed by atoms with Crippen LogP contribution in [0.1, 0.15) is 98.9 Å². The van der Waals surface area contributed by atoms with Gasteiger partial charge in [-0.15, -0.1) is 0 Å². The summed E-state index contributed by atoms with van der Waals surface area (Å²) in [5.74, 6) is 0. The summed E-state index contributed by atoms with van der Waals surface area (Å²) in [4.78, 5) is 9.83. The number of anilines is 12. The molecule has 3 aliphatic rings. The van der Waals surface area contributed by atoms with Crippen LogP contribution in [0.4, 0.5) is 68.2 Å². The maximum absolute atomic E-state index is 2.55. The lowest BCUT2D eigenvalue weighted by atomic mass is 9.70. The lowest BCUT2D eigenvalue weighted by molar-refractivity contribution is 0.602. The van der Waals surface area contributed by atoms with Crippen molar-refractivity contribution >= 4 is 74.3 Å². The number of hydrogen-bond donors (Lipinski definition) is 0. The third kappa shape index (κ3) is 10.5. The first-order valence-electron chi connectivity index (χ1n) is 32.5. The molecule has 3 aliphatic carbocycles. The van der Waals surface area contributed by atoms with Crippen molar-refractivity contribution in [1.29, 1.82) is 0 Å². The second-order valence-electron chi connectivity index (χ2n) is 25.8. The van der Waals surface area contributed by atoms with E-state index >= 15 is 0 Å². The SMILES string of the molecule is Cc1ccc(N(c2ccc(C)cc2)c2ccc3c(c2)C2(c4cc(N(c5ccc(C)cc5)c5ccc(C)cc5)ccc4-3)c3cc(N(c4ccc(C)cc4)c4ccc(C)cc4)ccc3-c3ccc(N(c4ccc(C)cc4)c4ccc(C=C5CCCCC5)cc4)cc32)cc1. The van der Waals surface area contributed by atoms with E-state index in [1.807, 2.05) is 0 Å². The van der Waals surface area contributed by atoms with Gasteiger partial charge in [0.05, 0.1) is 5.41 Å². The normalized spacial score (nSPS) is 13.3. The summed E-state index contributed by atoms with van der Waals surface area (Å²) in [6.45, 7) is 15.2. The van der Waals surface area contributed by atoms with E-state index in [1.165, 1.54) is 121 Å². The number of fused-ring (bicyclic) bond motifs is 10. The van der Waals surface area contributed by atoms with Crippen molar-refractivity contribution in [1.82, 2.24) is 0 Å². The zero-order valence-corrected chi connectivity index (χ0v) is 53.3. The zero-order chi connectivity index (χ0) is 61.9. The largest absolute Gasteiger partial charge is 0.310 e. The number of aryl methyl sites for hydroxylation is 7. The molecule has 0 atom stereocenters. The first-order chi connectivity index (χ1) is 44.4. The van der Waals surface area contributed by atoms with Crippen molar-refractivity contribution in [2.45, 2.75) is 86.0 Å². The van der Waals surface area contributed by atoms with Gasteiger partial charge in [-0.3, -0.25) is 0 Å². The monoisotopic (exact) mass is 1180 g/mol. The highest BCUT2D eigenvalue weighted by Gasteiger charge is 2.53. The van der Waals surface area contributed by atoms with E-state index < -0.39 is 5.41 Å². The van der Waals surface area contributed by atoms with Gasteiger partial charge in [0.15, 0.2) is 0 Å². The van der Waals surface area contributed by atoms with Crippen LogP contribution >= 0.6 is 0 Å². The van der Waals surface area contributed by atoms with E-state index in [1.54, 1.807) is 5.57 Å². The summed E-state index contributed by atoms with van der Waals surface area (Å²) in [6, 6.07) is 102. The molecule has 12 aromatic rings. The van der Waals surface area contributed by atoms with E-state index in [0.717, 1.165) is 68.2 Å². The standard InChI is InChI=1S/C87H76N4/c1-58-13-29-67(30-14-58)88(68-31-15-59(2)16-32-68)75-45-49-79-80-50-46-76(89(69-33-17-60(3)18-34-69)70-35-19-61(4)20-36-70)55-84(80)87(83(79)54-75)85-56-77(90(71-37-21-62(5)22-38-71)72-39-23-63(6)24-40-72)47-51-81(85)82-52-48-78(57-86(82)87)91(73-41-25-64(7)26-42-73)74-43-27-66(28-44-74)53-65-11-9-8-10-12-65/h13-57H,8-12H2,1-7H3. The predicted molar refractivity (Wildman–Crippen MR) is 386 cm³/mol. The molecule has 91 heavy (non-hydrogen) atoms. The van der Waals surface area contributed by atoms with Crippen LogP contribution in [-0.4, -0.2) is 0 Å². The molecule has 0 N–H and O–H groups in total. The van der Waals surface area contributed by atoms with Gasteiger partial charge in [0.25, 0.3) is 0 Å². The van der Waals surface area contributed by atoms with Crippen molar-refractivity contribution in [2.24, 2.45) is 0 Å². The Morgan fingerprint density at radius 2 is 0.429 bits per heavy atom. The molecule has 1 saturated carbocycles. The Hall–Kier alpha value is -10.4. The van der Waals surface area contributed by atoms with Crippen LogP contribution in [0.15, 0.2) is 272 Å². The fourth-order valence-corrected chi connectivity index (χ4v) is 14.5. The zero-order valence-electron chi connectivity index (χ0n) is 53.3. The summed E-state index contributed by atoms with van der Waals surface area (Å²) in [6.07, 6.45) is 8.71. The molecule has 0 radical (unpaired) electrons. The molecular weight excluding hydrogens is 1100 g/mol. The summed E-state index contributed by atoms with van der Waals surface area (Å²) in [5.41, 5.74) is 33.6. The molecule has 15 rings (SSSR count). The fourth-order valence-electron chi connectivity index (χ4n) is 14.5. The minimum Gasteiger partial charge on any atom is -0.310 e. The lowest BCUT2D eigenvalue weighted by Crippen LogP contribution is -2.27. The van der Waals surface area contributed by atoms with Gasteiger partial charge in [-0.25, -0.2) is 0 Å². The number of benzene rings is 12. The first-order valence-corrected chi connectivity index (χ1v) is 32.5. The lowest BCUT2D eigenvalue weighted by Gasteiger charge is -2.35. The molecule has 0 amide bonds. The van der Waals surface area contributed by atoms with Gasteiger partial charge in [-0.2, -0.15) is 0 Å². The van der Waals surface area contributed by atoms with Crippen molar-refractivity contribution in [2.75, 3.05) is 19.6 Å². The average Bonchev–Trinajstić information content (AvgIpc) is 1.51. The van der Waals surface area contributed by atoms with Crippen molar-refractivity contribution in [3.8, 4) is 22.3 Å². The molecule has 12 aromatic carbocycles. The van der Waals surface area contributed by atoms with Crippen LogP contribution in [-0.2, 0) is 5.41 Å². The van der Waals surface area contributed by atoms with Gasteiger partial charge < -0.3 is 19.6 Å². The van der Waals surface area contributed by atoms with E-state index in [9.17, 15) is 0 Å². The molecule has 4 nitrogen and oxygen atoms in total. The third-order valence-corrected chi connectivity index (χ3v) is 19.3. The molecule has 444 valence electrons. The average molecular weight is 1180 g/mol. The summed E-state index contributed by atoms with van der Waals surface area (Å²) < 4.78 is 0. The molecule has 0 saturated heterocycles. The van der Waals surface area contributed by atoms with Crippen LogP contribution in [0.2, 0.25) is 0 Å². The summed E-state index contributed by atoms with van der Waals surface area (Å²) in [5, 5.41) is 0. The van der Waals surface area contributed by atoms with Crippen molar-refractivity contribution in [3.05, 3.63) is 339 Å². The van der Waals surface area contributed by atoms with Gasteiger partial charge in [-0.05, 0) is 270 Å². The number of allylic oxidation sites excluding steroid dienone is 1. The topological polar surface area (TPSA) is 13.0 Å². The van der Waals surface area contributed by atoms with Gasteiger partial charge in [0.2, 0.25) is 0 Å². The van der Waals surface area contributed by atoms with Crippen LogP contribution in [0, 0.1) is 48.5 Å². The molecule has 0 unspecified atom stereocenters. The second-order valence-corrected chi connectivity index (χ2v) is 25.8. The van der Waals surface area contributed by atoms with Crippen LogP contribution in [0.25, 0.3) is 28.3 Å². The molecule has 0 aliphatic heterocycles. The van der Waals surface area contributed by atoms with E-state index in [0.29, 0.717) is 0 Å². The Kier molecular flexibility index (Phi) is 14.7. The van der Waals surface area contributed by atoms with E-state index in [2.05, 4.69) is 341 Å². The second kappa shape index (κ2) is 23.5. The number of nitrogens with zero attached hydrogens (tertiary/aromatic N) is 4. The van der Waals surface area contributed by atoms with Gasteiger partial charge >= 0.3 is 0 Å². The quantitative estimate of drug-likeness (QED) is 0.114. The molecule has 0 heterocycles. The summed E-state index contributed by atoms with van der Waals surface area (Å²) in [7, 11) is 0. The minimum absolute atomic E-state index is 0.854. The fraction of sp³-hybridized carbons (Fsp3) is 0.149. The maximum Gasteiger partial charge on any atom is 0.0728 e. The van der Waals surface area contributed by atoms with E-state index in [-0.39, 0.29) is 0 Å². The van der Waals surface area contributed by atoms with Gasteiger partial charge in [0.1, 0.15) is 0 Å². The number of hydrogen-bond acceptors (Lipinski definition) is 4. The molecule has 1 spiro atoms. The third-order valence-electron chi connectivity index (χ3n) is 19.3. The maximum atomic E-state index is 2.55. The Bertz CT molecular complexity index is 4250. The molecular formula is C87H76N4. The Labute approximate surface area is 538 Å². The minimum atomic E-state index is -0.854. The molecule has 1 fully saturated rings. The first kappa shape index (κ1) is 57.0. The van der Waals surface area contributed by atoms with Crippen LogP contribution < -0.4 is 19.6 Å². The van der Waals surface area contributed by atoms with E-state index in [4.69, 9.17) is 0 Å². The Balaban J connectivity index is 1.03. The van der Waals surface area contributed by atoms with Crippen molar-refractivity contribution < 1.29 is 0 Å². The van der Waals surface area contributed by atoms with Gasteiger partial charge in [-0.1, -0.05) is 178 Å². The Morgan fingerprint density at radius 3 is 0.648 bits per heavy atom. The van der Waals surface area contributed by atoms with Gasteiger partial charge in [0, 0.05) is 68.2 Å². The molecule has 4 heteroatoms. The van der Waals surface area contributed by atoms with Crippen molar-refractivity contribution in [3.63, 3.8) is 0 Å². The molecule has 0 bridgehead atoms. The van der Waals surface area contributed by atoms with Crippen LogP contribution in [0.5, 0.6) is 0 Å². The highest BCUT2D eigenvalue weighted by Crippen LogP contribution is 2.65. The summed E-state index contributed by atoms with van der Waals surface area (Å²) >= 11 is 0. The predicted octanol–water partition coefficient (Wildman–Crippen LogP) is 24.4. The highest BCUT2D eigenvalue weighted by atomic mass is 15.2. The smallest absolute Gasteiger partial charge is 0.0728 e. The highest BCUT2D eigenvalue weighted by molar-refractivity contribution is 6.00. The van der Waals surface area contributed by atoms with Crippen LogP contribution in [0.3, 0.4) is 0 Å². The Morgan fingerprint density at radius 1 is 0.231 bits per heavy atom.